The topological polar surface area (TPSA) is 90.0 Å². The van der Waals surface area contributed by atoms with E-state index < -0.39 is 12.0 Å². The molecule has 0 radical (unpaired) electrons. The highest BCUT2D eigenvalue weighted by Gasteiger charge is 2.27. The van der Waals surface area contributed by atoms with Gasteiger partial charge in [-0.3, -0.25) is 4.79 Å². The maximum absolute atomic E-state index is 11.9. The summed E-state index contributed by atoms with van der Waals surface area (Å²) < 4.78 is 11.5. The van der Waals surface area contributed by atoms with E-state index in [2.05, 4.69) is 4.99 Å². The van der Waals surface area contributed by atoms with Crippen molar-refractivity contribution in [3.63, 3.8) is 0 Å². The van der Waals surface area contributed by atoms with E-state index in [9.17, 15) is 4.79 Å². The van der Waals surface area contributed by atoms with Crippen molar-refractivity contribution in [3.05, 3.63) is 90.4 Å². The zero-order valence-electron chi connectivity index (χ0n) is 16.8. The summed E-state index contributed by atoms with van der Waals surface area (Å²) >= 11 is 0. The molecule has 0 saturated carbocycles. The van der Waals surface area contributed by atoms with Gasteiger partial charge < -0.3 is 20.1 Å². The van der Waals surface area contributed by atoms with Crippen molar-refractivity contribution >= 4 is 29.3 Å². The van der Waals surface area contributed by atoms with Gasteiger partial charge in [-0.2, -0.15) is 0 Å². The second-order valence-corrected chi connectivity index (χ2v) is 6.86. The summed E-state index contributed by atoms with van der Waals surface area (Å²) in [6.07, 6.45) is 17.3. The second kappa shape index (κ2) is 9.58. The Morgan fingerprint density at radius 2 is 2.03 bits per heavy atom. The van der Waals surface area contributed by atoms with Crippen LogP contribution in [-0.4, -0.2) is 41.4 Å². The molecular weight excluding hydrogens is 392 g/mol. The van der Waals surface area contributed by atoms with E-state index in [-0.39, 0.29) is 0 Å². The lowest BCUT2D eigenvalue weighted by Gasteiger charge is -2.17. The monoisotopic (exact) mass is 414 g/mol. The minimum absolute atomic E-state index is 0.346. The average Bonchev–Trinajstić information content (AvgIpc) is 3.17. The van der Waals surface area contributed by atoms with Crippen LogP contribution in [0.5, 0.6) is 5.88 Å². The second-order valence-electron chi connectivity index (χ2n) is 6.86. The van der Waals surface area contributed by atoms with Crippen LogP contribution in [0.1, 0.15) is 5.56 Å². The number of rotatable bonds is 1. The molecule has 7 nitrogen and oxygen atoms in total. The molecule has 1 amide bonds. The van der Waals surface area contributed by atoms with Gasteiger partial charge in [-0.25, -0.2) is 9.98 Å². The fourth-order valence-corrected chi connectivity index (χ4v) is 3.24. The van der Waals surface area contributed by atoms with Crippen molar-refractivity contribution in [1.29, 1.82) is 0 Å². The van der Waals surface area contributed by atoms with Gasteiger partial charge in [0.1, 0.15) is 18.4 Å². The highest BCUT2D eigenvalue weighted by atomic mass is 16.5. The molecule has 2 aliphatic heterocycles. The van der Waals surface area contributed by atoms with E-state index in [4.69, 9.17) is 20.2 Å². The van der Waals surface area contributed by atoms with Gasteiger partial charge in [0, 0.05) is 23.3 Å². The number of amides is 1. The number of nitrogens with zero attached hydrogens (tertiary/aromatic N) is 3. The molecule has 2 aliphatic rings. The summed E-state index contributed by atoms with van der Waals surface area (Å²) in [5.74, 6) is -0.0499. The molecule has 2 aromatic rings. The molecule has 4 rings (SSSR count). The highest BCUT2D eigenvalue weighted by molar-refractivity contribution is 5.92. The molecule has 31 heavy (non-hydrogen) atoms. The zero-order valence-corrected chi connectivity index (χ0v) is 16.8. The van der Waals surface area contributed by atoms with Crippen LogP contribution < -0.4 is 10.5 Å². The number of ether oxygens (including phenoxy) is 2. The van der Waals surface area contributed by atoms with Crippen LogP contribution in [0.25, 0.3) is 17.0 Å². The number of hydrogen-bond donors (Lipinski definition) is 1. The van der Waals surface area contributed by atoms with E-state index >= 15 is 0 Å². The first kappa shape index (κ1) is 20.2. The molecule has 0 spiro atoms. The van der Waals surface area contributed by atoms with Crippen LogP contribution in [0.4, 0.5) is 0 Å². The minimum Gasteiger partial charge on any atom is -0.479 e. The number of para-hydroxylation sites is 1. The van der Waals surface area contributed by atoms with E-state index in [0.29, 0.717) is 24.7 Å². The van der Waals surface area contributed by atoms with Crippen LogP contribution in [0.15, 0.2) is 89.9 Å². The number of benzene rings is 1. The lowest BCUT2D eigenvalue weighted by Crippen LogP contribution is -2.27. The summed E-state index contributed by atoms with van der Waals surface area (Å²) in [5.41, 5.74) is 7.56. The first-order chi connectivity index (χ1) is 15.2. The van der Waals surface area contributed by atoms with Gasteiger partial charge in [0.05, 0.1) is 12.1 Å². The molecular formula is C24H22N4O3. The molecule has 1 aromatic carbocycles. The molecule has 0 aliphatic carbocycles. The Morgan fingerprint density at radius 3 is 2.94 bits per heavy atom. The maximum Gasteiger partial charge on any atom is 0.265 e. The van der Waals surface area contributed by atoms with Gasteiger partial charge in [-0.1, -0.05) is 42.5 Å². The van der Waals surface area contributed by atoms with E-state index in [1.54, 1.807) is 17.2 Å². The summed E-state index contributed by atoms with van der Waals surface area (Å²) in [6, 6.07) is 9.89. The number of aromatic nitrogens is 1. The van der Waals surface area contributed by atoms with Crippen molar-refractivity contribution in [2.75, 3.05) is 13.2 Å². The Morgan fingerprint density at radius 1 is 1.16 bits per heavy atom. The standard InChI is InChI=1S/C24H22N4O3/c25-23(29)22-15-20-16-28(22)12-11-26-17-30-13-7-3-1-2-4-9-19-14-18-8-5-6-10-21(18)27-24(19)31-20/h1-12,14-15,17,20H,13,16H2,(H2,25,29)/b2-1-,7-3-,9-4-,12-11-,26-17?. The smallest absolute Gasteiger partial charge is 0.265 e. The molecule has 0 fully saturated rings. The zero-order chi connectivity index (χ0) is 21.5. The minimum atomic E-state index is -0.538. The number of primary amides is 1. The van der Waals surface area contributed by atoms with E-state index in [0.717, 1.165) is 16.5 Å². The number of fused-ring (bicyclic) bond motifs is 4. The van der Waals surface area contributed by atoms with Crippen LogP contribution >= 0.6 is 0 Å². The number of nitrogens with two attached hydrogens (primary N) is 1. The van der Waals surface area contributed by atoms with E-state index in [1.807, 2.05) is 66.8 Å². The normalized spacial score (nSPS) is 22.8. The highest BCUT2D eigenvalue weighted by Crippen LogP contribution is 2.27. The number of carbonyl (C=O) groups excluding carboxylic acids is 1. The predicted octanol–water partition coefficient (Wildman–Crippen LogP) is 3.32. The van der Waals surface area contributed by atoms with Gasteiger partial charge in [-0.05, 0) is 30.4 Å². The molecule has 156 valence electrons. The van der Waals surface area contributed by atoms with Crippen molar-refractivity contribution < 1.29 is 14.3 Å². The Bertz CT molecular complexity index is 1140. The van der Waals surface area contributed by atoms with Gasteiger partial charge in [0.15, 0.2) is 6.40 Å². The van der Waals surface area contributed by atoms with Crippen LogP contribution in [-0.2, 0) is 9.53 Å². The number of allylic oxidation sites excluding steroid dienone is 4. The molecule has 2 bridgehead atoms. The van der Waals surface area contributed by atoms with Crippen molar-refractivity contribution in [3.8, 4) is 5.88 Å². The van der Waals surface area contributed by atoms with Crippen molar-refractivity contribution in [2.24, 2.45) is 10.7 Å². The third-order valence-corrected chi connectivity index (χ3v) is 4.67. The molecule has 3 heterocycles. The van der Waals surface area contributed by atoms with Crippen molar-refractivity contribution in [1.82, 2.24) is 9.88 Å². The lowest BCUT2D eigenvalue weighted by atomic mass is 10.1. The average molecular weight is 414 g/mol. The molecule has 0 saturated heterocycles. The molecule has 1 unspecified atom stereocenters. The molecule has 1 aromatic heterocycles. The predicted molar refractivity (Wildman–Crippen MR) is 121 cm³/mol. The first-order valence-electron chi connectivity index (χ1n) is 9.85. The number of carbonyl (C=O) groups is 1. The number of hydrogen-bond acceptors (Lipinski definition) is 6. The number of aliphatic imine (C=N–C) groups is 1. The van der Waals surface area contributed by atoms with Gasteiger partial charge in [0.2, 0.25) is 5.88 Å². The maximum atomic E-state index is 11.9. The fourth-order valence-electron chi connectivity index (χ4n) is 3.24. The third kappa shape index (κ3) is 5.08. The number of pyridine rings is 1. The first-order valence-corrected chi connectivity index (χ1v) is 9.85. The molecule has 2 N–H and O–H groups in total. The van der Waals surface area contributed by atoms with E-state index in [1.165, 1.54) is 12.6 Å². The largest absolute Gasteiger partial charge is 0.479 e. The summed E-state index contributed by atoms with van der Waals surface area (Å²) in [6.45, 7) is 0.807. The van der Waals surface area contributed by atoms with Crippen LogP contribution in [0.2, 0.25) is 0 Å². The van der Waals surface area contributed by atoms with Gasteiger partial charge >= 0.3 is 0 Å². The summed E-state index contributed by atoms with van der Waals surface area (Å²) in [5, 5.41) is 1.01. The quantitative estimate of drug-likeness (QED) is 0.773. The Kier molecular flexibility index (Phi) is 6.23. The van der Waals surface area contributed by atoms with Gasteiger partial charge in [0.25, 0.3) is 5.91 Å². The SMILES string of the molecule is NC(=O)C1=CC2CN1/C=C\N=COC\C=C/C=C\C=C/c1cc3ccccc3nc1O2. The lowest BCUT2D eigenvalue weighted by molar-refractivity contribution is -0.115. The third-order valence-electron chi connectivity index (χ3n) is 4.67. The fraction of sp³-hybridized carbons (Fsp3) is 0.125. The Hall–Kier alpha value is -4.13. The summed E-state index contributed by atoms with van der Waals surface area (Å²) in [7, 11) is 0. The van der Waals surface area contributed by atoms with Crippen molar-refractivity contribution in [2.45, 2.75) is 6.10 Å². The molecule has 7 heteroatoms. The van der Waals surface area contributed by atoms with Crippen LogP contribution in [0, 0.1) is 0 Å². The Balaban J connectivity index is 1.72. The molecule has 1 atom stereocenters. The summed E-state index contributed by atoms with van der Waals surface area (Å²) in [4.78, 5) is 22.3. The Labute approximate surface area is 180 Å². The van der Waals surface area contributed by atoms with Crippen LogP contribution in [0.3, 0.4) is 0 Å². The van der Waals surface area contributed by atoms with Gasteiger partial charge in [-0.15, -0.1) is 0 Å².